The third-order valence-corrected chi connectivity index (χ3v) is 4.34. The van der Waals surface area contributed by atoms with Gasteiger partial charge in [0.05, 0.1) is 19.8 Å². The van der Waals surface area contributed by atoms with E-state index in [1.807, 2.05) is 16.8 Å². The monoisotopic (exact) mass is 306 g/mol. The van der Waals surface area contributed by atoms with Crippen molar-refractivity contribution in [2.24, 2.45) is 0 Å². The van der Waals surface area contributed by atoms with Gasteiger partial charge < -0.3 is 19.5 Å². The number of nitrogens with one attached hydrogen (secondary N) is 1. The second-order valence-corrected chi connectivity index (χ2v) is 5.72. The first-order chi connectivity index (χ1) is 10.7. The molecule has 1 aromatic rings. The molecule has 0 aliphatic carbocycles. The highest BCUT2D eigenvalue weighted by molar-refractivity contribution is 5.97. The molecule has 1 atom stereocenters. The van der Waals surface area contributed by atoms with Crippen LogP contribution in [-0.4, -0.2) is 78.7 Å². The number of carbonyl (C=O) groups is 2. The van der Waals surface area contributed by atoms with Crippen LogP contribution >= 0.6 is 0 Å². The van der Waals surface area contributed by atoms with Gasteiger partial charge in [-0.05, 0) is 12.1 Å². The smallest absolute Gasteiger partial charge is 0.270 e. The van der Waals surface area contributed by atoms with Gasteiger partial charge in [-0.25, -0.2) is 0 Å². The van der Waals surface area contributed by atoms with Crippen molar-refractivity contribution in [2.75, 3.05) is 46.4 Å². The summed E-state index contributed by atoms with van der Waals surface area (Å²) in [6.07, 6.45) is 1.84. The van der Waals surface area contributed by atoms with E-state index in [9.17, 15) is 9.59 Å². The normalized spacial score (nSPS) is 22.5. The number of likely N-dealkylation sites (N-methyl/N-ethyl adjacent to an activating group) is 1. The summed E-state index contributed by atoms with van der Waals surface area (Å²) >= 11 is 0. The Bertz CT molecular complexity index is 551. The standard InChI is InChI=1S/C15H22N4O3/c1-17-13(11-19-5-2-3-12(19)15(17)21)14(20)16-4-6-18-7-9-22-10-8-18/h2-3,5,13H,4,6-11H2,1H3,(H,16,20). The molecule has 120 valence electrons. The maximum absolute atomic E-state index is 12.4. The van der Waals surface area contributed by atoms with Crippen molar-refractivity contribution in [1.29, 1.82) is 0 Å². The number of amides is 2. The number of morpholine rings is 1. The molecule has 0 bridgehead atoms. The van der Waals surface area contributed by atoms with Gasteiger partial charge in [0, 0.05) is 39.4 Å². The van der Waals surface area contributed by atoms with Crippen molar-refractivity contribution in [3.8, 4) is 0 Å². The average molecular weight is 306 g/mol. The third kappa shape index (κ3) is 3.00. The molecule has 0 radical (unpaired) electrons. The molecule has 7 nitrogen and oxygen atoms in total. The highest BCUT2D eigenvalue weighted by Gasteiger charge is 2.33. The fraction of sp³-hybridized carbons (Fsp3) is 0.600. The van der Waals surface area contributed by atoms with Gasteiger partial charge in [-0.3, -0.25) is 14.5 Å². The predicted octanol–water partition coefficient (Wildman–Crippen LogP) is -0.609. The van der Waals surface area contributed by atoms with Gasteiger partial charge in [0.25, 0.3) is 5.91 Å². The minimum absolute atomic E-state index is 0.0940. The number of aromatic nitrogens is 1. The topological polar surface area (TPSA) is 66.8 Å². The molecule has 7 heteroatoms. The summed E-state index contributed by atoms with van der Waals surface area (Å²) in [6.45, 7) is 5.24. The van der Waals surface area contributed by atoms with Gasteiger partial charge in [0.1, 0.15) is 11.7 Å². The summed E-state index contributed by atoms with van der Waals surface area (Å²) in [5.41, 5.74) is 0.639. The molecule has 1 fully saturated rings. The first-order valence-electron chi connectivity index (χ1n) is 7.67. The first kappa shape index (κ1) is 15.1. The molecule has 0 saturated carbocycles. The predicted molar refractivity (Wildman–Crippen MR) is 80.6 cm³/mol. The Kier molecular flexibility index (Phi) is 4.44. The van der Waals surface area contributed by atoms with Gasteiger partial charge in [0.15, 0.2) is 0 Å². The van der Waals surface area contributed by atoms with Crippen LogP contribution in [0, 0.1) is 0 Å². The molecule has 1 unspecified atom stereocenters. The third-order valence-electron chi connectivity index (χ3n) is 4.34. The lowest BCUT2D eigenvalue weighted by atomic mass is 10.1. The van der Waals surface area contributed by atoms with Crippen molar-refractivity contribution in [2.45, 2.75) is 12.6 Å². The summed E-state index contributed by atoms with van der Waals surface area (Å²) in [4.78, 5) is 28.4. The number of nitrogens with zero attached hydrogens (tertiary/aromatic N) is 3. The van der Waals surface area contributed by atoms with Crippen LogP contribution < -0.4 is 5.32 Å². The van der Waals surface area contributed by atoms with E-state index < -0.39 is 6.04 Å². The molecular weight excluding hydrogens is 284 g/mol. The highest BCUT2D eigenvalue weighted by atomic mass is 16.5. The van der Waals surface area contributed by atoms with Crippen LogP contribution in [0.1, 0.15) is 10.5 Å². The quantitative estimate of drug-likeness (QED) is 0.806. The van der Waals surface area contributed by atoms with Gasteiger partial charge >= 0.3 is 0 Å². The second kappa shape index (κ2) is 6.50. The van der Waals surface area contributed by atoms with Crippen molar-refractivity contribution in [3.05, 3.63) is 24.0 Å². The van der Waals surface area contributed by atoms with Crippen LogP contribution in [0.3, 0.4) is 0 Å². The molecule has 0 aromatic carbocycles. The van der Waals surface area contributed by atoms with Crippen molar-refractivity contribution in [1.82, 2.24) is 19.7 Å². The summed E-state index contributed by atoms with van der Waals surface area (Å²) in [6, 6.07) is 3.17. The van der Waals surface area contributed by atoms with E-state index in [0.29, 0.717) is 18.8 Å². The van der Waals surface area contributed by atoms with Gasteiger partial charge in [-0.15, -0.1) is 0 Å². The zero-order valence-corrected chi connectivity index (χ0v) is 12.8. The number of rotatable bonds is 4. The second-order valence-electron chi connectivity index (χ2n) is 5.72. The Morgan fingerprint density at radius 1 is 1.41 bits per heavy atom. The Labute approximate surface area is 129 Å². The molecule has 1 N–H and O–H groups in total. The Morgan fingerprint density at radius 2 is 2.18 bits per heavy atom. The average Bonchev–Trinajstić information content (AvgIpc) is 3.00. The Hall–Kier alpha value is -1.86. The van der Waals surface area contributed by atoms with E-state index in [1.54, 1.807) is 13.1 Å². The van der Waals surface area contributed by atoms with Gasteiger partial charge in [-0.1, -0.05) is 0 Å². The largest absolute Gasteiger partial charge is 0.379 e. The minimum atomic E-state index is -0.447. The number of hydrogen-bond acceptors (Lipinski definition) is 4. The van der Waals surface area contributed by atoms with E-state index in [-0.39, 0.29) is 11.8 Å². The van der Waals surface area contributed by atoms with E-state index in [0.717, 1.165) is 32.8 Å². The van der Waals surface area contributed by atoms with E-state index in [4.69, 9.17) is 4.74 Å². The summed E-state index contributed by atoms with van der Waals surface area (Å²) < 4.78 is 7.14. The summed E-state index contributed by atoms with van der Waals surface area (Å²) in [5.74, 6) is -0.201. The summed E-state index contributed by atoms with van der Waals surface area (Å²) in [5, 5.41) is 2.94. The molecule has 1 saturated heterocycles. The van der Waals surface area contributed by atoms with Crippen LogP contribution in [0.2, 0.25) is 0 Å². The van der Waals surface area contributed by atoms with Crippen LogP contribution in [0.5, 0.6) is 0 Å². The number of carbonyl (C=O) groups excluding carboxylic acids is 2. The highest BCUT2D eigenvalue weighted by Crippen LogP contribution is 2.16. The maximum Gasteiger partial charge on any atom is 0.270 e. The Balaban J connectivity index is 1.53. The zero-order valence-electron chi connectivity index (χ0n) is 12.8. The maximum atomic E-state index is 12.4. The molecule has 2 aliphatic rings. The van der Waals surface area contributed by atoms with E-state index in [2.05, 4.69) is 10.2 Å². The number of hydrogen-bond donors (Lipinski definition) is 1. The van der Waals surface area contributed by atoms with Crippen LogP contribution in [0.4, 0.5) is 0 Å². The molecule has 0 spiro atoms. The fourth-order valence-electron chi connectivity index (χ4n) is 2.94. The lowest BCUT2D eigenvalue weighted by Gasteiger charge is -2.33. The Morgan fingerprint density at radius 3 is 2.95 bits per heavy atom. The molecule has 22 heavy (non-hydrogen) atoms. The SMILES string of the molecule is CN1C(=O)c2cccn2CC1C(=O)NCCN1CCOCC1. The van der Waals surface area contributed by atoms with E-state index in [1.165, 1.54) is 4.90 Å². The molecular formula is C15H22N4O3. The van der Waals surface area contributed by atoms with E-state index >= 15 is 0 Å². The van der Waals surface area contributed by atoms with Crippen LogP contribution in [0.15, 0.2) is 18.3 Å². The van der Waals surface area contributed by atoms with Crippen LogP contribution in [-0.2, 0) is 16.1 Å². The number of ether oxygens (including phenoxy) is 1. The molecule has 3 heterocycles. The summed E-state index contributed by atoms with van der Waals surface area (Å²) in [7, 11) is 1.69. The van der Waals surface area contributed by atoms with Crippen molar-refractivity contribution < 1.29 is 14.3 Å². The van der Waals surface area contributed by atoms with Gasteiger partial charge in [0.2, 0.25) is 5.91 Å². The van der Waals surface area contributed by atoms with Crippen molar-refractivity contribution >= 4 is 11.8 Å². The lowest BCUT2D eigenvalue weighted by Crippen LogP contribution is -2.54. The van der Waals surface area contributed by atoms with Gasteiger partial charge in [-0.2, -0.15) is 0 Å². The molecule has 2 aliphatic heterocycles. The molecule has 1 aromatic heterocycles. The lowest BCUT2D eigenvalue weighted by molar-refractivity contribution is -0.126. The molecule has 3 rings (SSSR count). The minimum Gasteiger partial charge on any atom is -0.379 e. The number of fused-ring (bicyclic) bond motifs is 1. The van der Waals surface area contributed by atoms with Crippen LogP contribution in [0.25, 0.3) is 0 Å². The van der Waals surface area contributed by atoms with Crippen molar-refractivity contribution in [3.63, 3.8) is 0 Å². The first-order valence-corrected chi connectivity index (χ1v) is 7.67. The zero-order chi connectivity index (χ0) is 15.5. The molecule has 2 amide bonds. The fourth-order valence-corrected chi connectivity index (χ4v) is 2.94.